The van der Waals surface area contributed by atoms with Crippen LogP contribution in [0.4, 0.5) is 5.69 Å². The lowest BCUT2D eigenvalue weighted by atomic mass is 10.0. The summed E-state index contributed by atoms with van der Waals surface area (Å²) in [7, 11) is 0. The molecule has 2 aromatic carbocycles. The van der Waals surface area contributed by atoms with E-state index in [1.807, 2.05) is 6.07 Å². The molecule has 2 aromatic rings. The van der Waals surface area contributed by atoms with E-state index in [1.165, 1.54) is 12.1 Å². The molecule has 8 heteroatoms. The highest BCUT2D eigenvalue weighted by molar-refractivity contribution is 5.79. The predicted molar refractivity (Wildman–Crippen MR) is 102 cm³/mol. The highest BCUT2D eigenvalue weighted by atomic mass is 16.6. The van der Waals surface area contributed by atoms with Crippen LogP contribution < -0.4 is 19.9 Å². The molecule has 1 atom stereocenters. The molecule has 29 heavy (non-hydrogen) atoms. The Kier molecular flexibility index (Phi) is 7.86. The van der Waals surface area contributed by atoms with Crippen molar-refractivity contribution in [2.45, 2.75) is 19.9 Å². The van der Waals surface area contributed by atoms with Crippen molar-refractivity contribution in [2.75, 3.05) is 25.1 Å². The summed E-state index contributed by atoms with van der Waals surface area (Å²) < 4.78 is 15.8. The van der Waals surface area contributed by atoms with Crippen molar-refractivity contribution >= 4 is 17.6 Å². The minimum Gasteiger partial charge on any atom is -0.548 e. The van der Waals surface area contributed by atoms with Crippen LogP contribution in [-0.2, 0) is 14.3 Å². The van der Waals surface area contributed by atoms with Gasteiger partial charge in [-0.3, -0.25) is 0 Å². The minimum atomic E-state index is -1.40. The molecule has 2 rings (SSSR count). The number of nitriles is 1. The van der Waals surface area contributed by atoms with Gasteiger partial charge in [-0.15, -0.1) is 0 Å². The smallest absolute Gasteiger partial charge is 0.344 e. The molecular weight excluding hydrogens is 376 g/mol. The van der Waals surface area contributed by atoms with E-state index in [0.29, 0.717) is 23.6 Å². The molecule has 0 radical (unpaired) electrons. The van der Waals surface area contributed by atoms with Crippen LogP contribution in [0.1, 0.15) is 31.0 Å². The Morgan fingerprint density at radius 1 is 1.10 bits per heavy atom. The second kappa shape index (κ2) is 10.6. The van der Waals surface area contributed by atoms with Crippen LogP contribution in [0.2, 0.25) is 0 Å². The van der Waals surface area contributed by atoms with E-state index in [2.05, 4.69) is 5.32 Å². The van der Waals surface area contributed by atoms with Crippen LogP contribution >= 0.6 is 0 Å². The molecule has 152 valence electrons. The second-order valence-corrected chi connectivity index (χ2v) is 5.81. The Morgan fingerprint density at radius 2 is 1.83 bits per heavy atom. The van der Waals surface area contributed by atoms with Crippen molar-refractivity contribution in [1.29, 1.82) is 5.26 Å². The zero-order valence-corrected chi connectivity index (χ0v) is 16.1. The van der Waals surface area contributed by atoms with Crippen LogP contribution in [0.25, 0.3) is 0 Å². The molecular formula is C21H21N2O6-. The van der Waals surface area contributed by atoms with Gasteiger partial charge in [0.15, 0.2) is 6.61 Å². The van der Waals surface area contributed by atoms with Crippen molar-refractivity contribution in [3.8, 4) is 17.6 Å². The maximum atomic E-state index is 11.9. The largest absolute Gasteiger partial charge is 0.548 e. The average Bonchev–Trinajstić information content (AvgIpc) is 2.71. The number of benzene rings is 2. The lowest BCUT2D eigenvalue weighted by molar-refractivity contribution is -0.307. The number of esters is 1. The van der Waals surface area contributed by atoms with Crippen molar-refractivity contribution in [2.24, 2.45) is 0 Å². The van der Waals surface area contributed by atoms with E-state index < -0.39 is 18.0 Å². The molecule has 0 heterocycles. The van der Waals surface area contributed by atoms with Gasteiger partial charge >= 0.3 is 5.97 Å². The molecule has 0 aromatic heterocycles. The molecule has 1 N–H and O–H groups in total. The molecule has 0 spiro atoms. The van der Waals surface area contributed by atoms with Gasteiger partial charge in [0.2, 0.25) is 0 Å². The Labute approximate surface area is 168 Å². The summed E-state index contributed by atoms with van der Waals surface area (Å²) in [6.07, 6.45) is 0. The molecule has 0 fully saturated rings. The number of aliphatic carboxylic acids is 1. The van der Waals surface area contributed by atoms with Gasteiger partial charge in [0.05, 0.1) is 36.9 Å². The van der Waals surface area contributed by atoms with Gasteiger partial charge < -0.3 is 29.4 Å². The van der Waals surface area contributed by atoms with Gasteiger partial charge in [-0.2, -0.15) is 5.26 Å². The van der Waals surface area contributed by atoms with Crippen LogP contribution in [0, 0.1) is 11.3 Å². The zero-order valence-electron chi connectivity index (χ0n) is 16.1. The summed E-state index contributed by atoms with van der Waals surface area (Å²) in [4.78, 5) is 23.5. The summed E-state index contributed by atoms with van der Waals surface area (Å²) in [5.74, 6) is -1.35. The van der Waals surface area contributed by atoms with Gasteiger partial charge in [-0.05, 0) is 56.3 Å². The van der Waals surface area contributed by atoms with Crippen LogP contribution in [0.15, 0.2) is 42.5 Å². The van der Waals surface area contributed by atoms with Gasteiger partial charge in [0.1, 0.15) is 11.5 Å². The maximum Gasteiger partial charge on any atom is 0.344 e. The average molecular weight is 397 g/mol. The first-order valence-electron chi connectivity index (χ1n) is 9.01. The third-order valence-electron chi connectivity index (χ3n) is 3.81. The fraction of sp³-hybridized carbons (Fsp3) is 0.286. The van der Waals surface area contributed by atoms with Crippen LogP contribution in [0.3, 0.4) is 0 Å². The van der Waals surface area contributed by atoms with E-state index in [-0.39, 0.29) is 24.5 Å². The van der Waals surface area contributed by atoms with Crippen LogP contribution in [0.5, 0.6) is 11.5 Å². The summed E-state index contributed by atoms with van der Waals surface area (Å²) in [6.45, 7) is 3.71. The van der Waals surface area contributed by atoms with Crippen LogP contribution in [-0.4, -0.2) is 31.8 Å². The summed E-state index contributed by atoms with van der Waals surface area (Å²) >= 11 is 0. The fourth-order valence-electron chi connectivity index (χ4n) is 2.55. The summed E-state index contributed by atoms with van der Waals surface area (Å²) in [5, 5.41) is 23.6. The number of hydrogen-bond acceptors (Lipinski definition) is 8. The van der Waals surface area contributed by atoms with E-state index in [0.717, 1.165) is 0 Å². The first-order chi connectivity index (χ1) is 14.0. The highest BCUT2D eigenvalue weighted by Gasteiger charge is 2.20. The number of nitrogens with one attached hydrogen (secondary N) is 1. The van der Waals surface area contributed by atoms with Gasteiger partial charge in [-0.25, -0.2) is 4.79 Å². The number of carboxylic acid groups (broad SMARTS) is 1. The highest BCUT2D eigenvalue weighted by Crippen LogP contribution is 2.32. The van der Waals surface area contributed by atoms with Gasteiger partial charge in [-0.1, -0.05) is 0 Å². The first kappa shape index (κ1) is 21.6. The Hall–Kier alpha value is -3.73. The predicted octanol–water partition coefficient (Wildman–Crippen LogP) is 1.80. The van der Waals surface area contributed by atoms with Crippen molar-refractivity contribution in [3.05, 3.63) is 53.6 Å². The third-order valence-corrected chi connectivity index (χ3v) is 3.81. The van der Waals surface area contributed by atoms with Crippen molar-refractivity contribution in [1.82, 2.24) is 0 Å². The van der Waals surface area contributed by atoms with E-state index in [9.17, 15) is 14.7 Å². The molecule has 8 nitrogen and oxygen atoms in total. The zero-order chi connectivity index (χ0) is 21.2. The number of carbonyl (C=O) groups is 2. The Balaban J connectivity index is 2.35. The van der Waals surface area contributed by atoms with E-state index in [4.69, 9.17) is 19.5 Å². The Morgan fingerprint density at radius 3 is 2.41 bits per heavy atom. The first-order valence-corrected chi connectivity index (χ1v) is 9.01. The van der Waals surface area contributed by atoms with Gasteiger partial charge in [0.25, 0.3) is 0 Å². The fourth-order valence-corrected chi connectivity index (χ4v) is 2.55. The summed E-state index contributed by atoms with van der Waals surface area (Å²) in [5.41, 5.74) is 1.14. The topological polar surface area (TPSA) is 121 Å². The molecule has 1 unspecified atom stereocenters. The number of carbonyl (C=O) groups excluding carboxylic acids is 2. The lowest BCUT2D eigenvalue weighted by Gasteiger charge is -2.24. The van der Waals surface area contributed by atoms with Gasteiger partial charge in [0, 0.05) is 11.3 Å². The molecule has 0 amide bonds. The van der Waals surface area contributed by atoms with Crippen molar-refractivity contribution < 1.29 is 28.9 Å². The molecule has 0 aliphatic rings. The number of ether oxygens (including phenoxy) is 3. The maximum absolute atomic E-state index is 11.9. The second-order valence-electron chi connectivity index (χ2n) is 5.81. The number of rotatable bonds is 10. The molecule has 0 aliphatic carbocycles. The molecule has 0 saturated heterocycles. The standard InChI is InChI=1S/C21H22N2O6/c1-3-27-16-9-10-18(29-13-19(24)28-4-2)17(11-16)20(21(25)26)23-15-7-5-14(12-22)6-8-15/h5-11,20,23H,3-4,13H2,1-2H3,(H,25,26)/p-1. The van der Waals surface area contributed by atoms with E-state index >= 15 is 0 Å². The third kappa shape index (κ3) is 6.14. The normalized spacial score (nSPS) is 11.1. The monoisotopic (exact) mass is 397 g/mol. The number of anilines is 1. The quantitative estimate of drug-likeness (QED) is 0.603. The SMILES string of the molecule is CCOC(=O)COc1ccc(OCC)cc1C(Nc1ccc(C#N)cc1)C(=O)[O-]. The number of carboxylic acids is 1. The molecule has 0 bridgehead atoms. The van der Waals surface area contributed by atoms with E-state index in [1.54, 1.807) is 44.2 Å². The van der Waals surface area contributed by atoms with Crippen molar-refractivity contribution in [3.63, 3.8) is 0 Å². The molecule has 0 aliphatic heterocycles. The number of nitrogens with zero attached hydrogens (tertiary/aromatic N) is 1. The lowest BCUT2D eigenvalue weighted by Crippen LogP contribution is -2.34. The summed E-state index contributed by atoms with van der Waals surface area (Å²) in [6, 6.07) is 11.6. The minimum absolute atomic E-state index is 0.178. The Bertz CT molecular complexity index is 889. The molecule has 0 saturated carbocycles. The number of hydrogen-bond donors (Lipinski definition) is 1.